The Hall–Kier alpha value is -4.24. The van der Waals surface area contributed by atoms with Gasteiger partial charge in [0.15, 0.2) is 17.3 Å². The second kappa shape index (κ2) is 8.03. The van der Waals surface area contributed by atoms with Gasteiger partial charge in [-0.05, 0) is 17.7 Å². The van der Waals surface area contributed by atoms with Gasteiger partial charge in [-0.1, -0.05) is 30.3 Å². The Morgan fingerprint density at radius 1 is 1.06 bits per heavy atom. The van der Waals surface area contributed by atoms with E-state index in [1.54, 1.807) is 23.5 Å². The summed E-state index contributed by atoms with van der Waals surface area (Å²) < 4.78 is 11.2. The molecule has 2 aromatic carbocycles. The maximum atomic E-state index is 12.6. The van der Waals surface area contributed by atoms with Crippen molar-refractivity contribution in [1.82, 2.24) is 15.0 Å². The molecule has 1 aliphatic rings. The van der Waals surface area contributed by atoms with E-state index in [1.807, 2.05) is 36.4 Å². The van der Waals surface area contributed by atoms with Crippen molar-refractivity contribution in [3.8, 4) is 22.6 Å². The predicted molar refractivity (Wildman–Crippen MR) is 130 cm³/mol. The SMILES string of the molecule is O=c1[nH]c2cc3c(cc2cc1/C=N\Nc1ncnc2scc(-c4ccccc4)c12)OCCO3. The number of hydrogen-bond acceptors (Lipinski definition) is 8. The summed E-state index contributed by atoms with van der Waals surface area (Å²) in [5, 5.41) is 8.07. The van der Waals surface area contributed by atoms with Gasteiger partial charge < -0.3 is 14.5 Å². The second-order valence-corrected chi connectivity index (χ2v) is 8.28. The van der Waals surface area contributed by atoms with Crippen molar-refractivity contribution in [3.63, 3.8) is 0 Å². The fraction of sp³-hybridized carbons (Fsp3) is 0.0833. The molecule has 5 aromatic rings. The van der Waals surface area contributed by atoms with Gasteiger partial charge in [0.05, 0.1) is 22.7 Å². The molecule has 0 aliphatic carbocycles. The van der Waals surface area contributed by atoms with Crippen LogP contribution in [0.5, 0.6) is 11.5 Å². The van der Waals surface area contributed by atoms with E-state index in [0.717, 1.165) is 26.7 Å². The van der Waals surface area contributed by atoms with Gasteiger partial charge in [0.2, 0.25) is 0 Å². The van der Waals surface area contributed by atoms with Crippen LogP contribution in [0.25, 0.3) is 32.2 Å². The van der Waals surface area contributed by atoms with Gasteiger partial charge in [0.25, 0.3) is 5.56 Å². The number of aromatic amines is 1. The van der Waals surface area contributed by atoms with Crippen LogP contribution >= 0.6 is 11.3 Å². The summed E-state index contributed by atoms with van der Waals surface area (Å²) in [6, 6.07) is 15.5. The first-order chi connectivity index (χ1) is 16.3. The molecule has 0 unspecified atom stereocenters. The number of aromatic nitrogens is 3. The monoisotopic (exact) mass is 455 g/mol. The van der Waals surface area contributed by atoms with Crippen LogP contribution in [0.4, 0.5) is 5.82 Å². The molecular formula is C24H17N5O3S. The summed E-state index contributed by atoms with van der Waals surface area (Å²) in [5.74, 6) is 1.87. The lowest BCUT2D eigenvalue weighted by atomic mass is 10.1. The number of benzene rings is 2. The van der Waals surface area contributed by atoms with Crippen molar-refractivity contribution in [2.24, 2.45) is 5.10 Å². The molecule has 162 valence electrons. The third-order valence-electron chi connectivity index (χ3n) is 5.36. The van der Waals surface area contributed by atoms with Crippen molar-refractivity contribution in [1.29, 1.82) is 0 Å². The molecule has 8 nitrogen and oxygen atoms in total. The van der Waals surface area contributed by atoms with E-state index in [9.17, 15) is 4.79 Å². The van der Waals surface area contributed by atoms with Crippen LogP contribution in [0.2, 0.25) is 0 Å². The van der Waals surface area contributed by atoms with Gasteiger partial charge in [-0.2, -0.15) is 5.10 Å². The molecule has 9 heteroatoms. The number of nitrogens with zero attached hydrogens (tertiary/aromatic N) is 3. The van der Waals surface area contributed by atoms with E-state index in [-0.39, 0.29) is 5.56 Å². The molecule has 0 saturated carbocycles. The van der Waals surface area contributed by atoms with Crippen molar-refractivity contribution in [2.45, 2.75) is 0 Å². The number of pyridine rings is 1. The predicted octanol–water partition coefficient (Wildman–Crippen LogP) is 4.42. The standard InChI is InChI=1S/C24H17N5O3S/c30-23-16(8-15-9-19-20(10-18(15)28-23)32-7-6-31-19)11-27-29-22-21-17(14-4-2-1-3-5-14)12-33-24(21)26-13-25-22/h1-5,8-13H,6-7H2,(H,28,30)(H,25,26,29)/b27-11-. The molecule has 6 rings (SSSR count). The summed E-state index contributed by atoms with van der Waals surface area (Å²) in [6.45, 7) is 0.993. The van der Waals surface area contributed by atoms with Gasteiger partial charge in [0, 0.05) is 22.4 Å². The van der Waals surface area contributed by atoms with Gasteiger partial charge in [-0.3, -0.25) is 10.2 Å². The molecule has 1 aliphatic heterocycles. The molecule has 0 saturated heterocycles. The number of hydrazone groups is 1. The Labute approximate surface area is 191 Å². The lowest BCUT2D eigenvalue weighted by Crippen LogP contribution is -2.16. The number of anilines is 1. The van der Waals surface area contributed by atoms with Crippen molar-refractivity contribution >= 4 is 44.5 Å². The Balaban J connectivity index is 1.34. The number of fused-ring (bicyclic) bond motifs is 3. The van der Waals surface area contributed by atoms with Gasteiger partial charge in [0.1, 0.15) is 24.4 Å². The Bertz CT molecular complexity index is 1580. The van der Waals surface area contributed by atoms with Crippen LogP contribution in [0.15, 0.2) is 70.1 Å². The first-order valence-electron chi connectivity index (χ1n) is 10.3. The zero-order chi connectivity index (χ0) is 22.2. The lowest BCUT2D eigenvalue weighted by Gasteiger charge is -2.18. The van der Waals surface area contributed by atoms with Crippen LogP contribution in [-0.2, 0) is 0 Å². The second-order valence-electron chi connectivity index (χ2n) is 7.42. The summed E-state index contributed by atoms with van der Waals surface area (Å²) in [7, 11) is 0. The minimum atomic E-state index is -0.252. The van der Waals surface area contributed by atoms with Gasteiger partial charge >= 0.3 is 0 Å². The third kappa shape index (κ3) is 3.58. The summed E-state index contributed by atoms with van der Waals surface area (Å²) in [4.78, 5) is 25.1. The highest BCUT2D eigenvalue weighted by atomic mass is 32.1. The highest BCUT2D eigenvalue weighted by Crippen LogP contribution is 2.36. The van der Waals surface area contributed by atoms with Gasteiger partial charge in [-0.25, -0.2) is 9.97 Å². The first-order valence-corrected chi connectivity index (χ1v) is 11.2. The molecule has 0 fully saturated rings. The number of thiophene rings is 1. The number of rotatable bonds is 4. The maximum Gasteiger partial charge on any atom is 0.257 e. The summed E-state index contributed by atoms with van der Waals surface area (Å²) >= 11 is 1.55. The molecule has 3 aromatic heterocycles. The topological polar surface area (TPSA) is 101 Å². The molecular weight excluding hydrogens is 438 g/mol. The Kier molecular flexibility index (Phi) is 4.73. The van der Waals surface area contributed by atoms with Gasteiger partial charge in [-0.15, -0.1) is 11.3 Å². The van der Waals surface area contributed by atoms with E-state index in [2.05, 4.69) is 30.9 Å². The van der Waals surface area contributed by atoms with E-state index in [0.29, 0.717) is 41.6 Å². The number of nitrogens with one attached hydrogen (secondary N) is 2. The quantitative estimate of drug-likeness (QED) is 0.307. The van der Waals surface area contributed by atoms with E-state index in [4.69, 9.17) is 9.47 Å². The zero-order valence-electron chi connectivity index (χ0n) is 17.2. The Morgan fingerprint density at radius 3 is 2.73 bits per heavy atom. The zero-order valence-corrected chi connectivity index (χ0v) is 18.1. The normalized spacial score (nSPS) is 13.1. The smallest absolute Gasteiger partial charge is 0.257 e. The molecule has 0 amide bonds. The average Bonchev–Trinajstić information content (AvgIpc) is 3.29. The highest BCUT2D eigenvalue weighted by molar-refractivity contribution is 7.17. The molecule has 0 bridgehead atoms. The number of ether oxygens (including phenoxy) is 2. The molecule has 33 heavy (non-hydrogen) atoms. The largest absolute Gasteiger partial charge is 0.486 e. The van der Waals surface area contributed by atoms with Crippen LogP contribution in [0, 0.1) is 0 Å². The van der Waals surface area contributed by atoms with Crippen LogP contribution < -0.4 is 20.5 Å². The molecule has 0 spiro atoms. The fourth-order valence-electron chi connectivity index (χ4n) is 3.81. The van der Waals surface area contributed by atoms with E-state index < -0.39 is 0 Å². The van der Waals surface area contributed by atoms with Crippen LogP contribution in [-0.4, -0.2) is 34.4 Å². The molecule has 0 atom stereocenters. The lowest BCUT2D eigenvalue weighted by molar-refractivity contribution is 0.172. The van der Waals surface area contributed by atoms with Crippen LogP contribution in [0.3, 0.4) is 0 Å². The maximum absolute atomic E-state index is 12.6. The van der Waals surface area contributed by atoms with Crippen molar-refractivity contribution in [3.05, 3.63) is 76.2 Å². The number of hydrogen-bond donors (Lipinski definition) is 2. The minimum absolute atomic E-state index is 0.252. The van der Waals surface area contributed by atoms with Crippen LogP contribution in [0.1, 0.15) is 5.56 Å². The Morgan fingerprint density at radius 2 is 1.88 bits per heavy atom. The average molecular weight is 455 g/mol. The first kappa shape index (κ1) is 19.4. The minimum Gasteiger partial charge on any atom is -0.486 e. The van der Waals surface area contributed by atoms with Crippen molar-refractivity contribution < 1.29 is 9.47 Å². The summed E-state index contributed by atoms with van der Waals surface area (Å²) in [6.07, 6.45) is 2.98. The molecule has 2 N–H and O–H groups in total. The van der Waals surface area contributed by atoms with Crippen molar-refractivity contribution in [2.75, 3.05) is 18.6 Å². The molecule has 0 radical (unpaired) electrons. The van der Waals surface area contributed by atoms with E-state index in [1.165, 1.54) is 12.5 Å². The highest BCUT2D eigenvalue weighted by Gasteiger charge is 2.14. The number of H-pyrrole nitrogens is 1. The summed E-state index contributed by atoms with van der Waals surface area (Å²) in [5.41, 5.74) is 5.93. The fourth-order valence-corrected chi connectivity index (χ4v) is 4.72. The molecule has 4 heterocycles. The third-order valence-corrected chi connectivity index (χ3v) is 6.25. The van der Waals surface area contributed by atoms with E-state index >= 15 is 0 Å².